The molecule has 0 radical (unpaired) electrons. The van der Waals surface area contributed by atoms with Crippen LogP contribution in [-0.2, 0) is 22.6 Å². The molecule has 0 aliphatic carbocycles. The fourth-order valence-corrected chi connectivity index (χ4v) is 2.96. The molecule has 0 aromatic heterocycles. The van der Waals surface area contributed by atoms with Crippen LogP contribution in [0, 0.1) is 0 Å². The van der Waals surface area contributed by atoms with E-state index in [0.29, 0.717) is 25.9 Å². The Kier molecular flexibility index (Phi) is 8.49. The standard InChI is InChI=1S/C22H28N2O4/c1-17(26)24(16-19-9-11-20(28-2)12-10-19)21(22(27)23-13-6-14-25)15-18-7-4-3-5-8-18/h3-5,7-12,21,25H,6,13-16H2,1-2H3,(H,23,27)/t21-/m1/s1. The normalized spacial score (nSPS) is 11.5. The highest BCUT2D eigenvalue weighted by molar-refractivity contribution is 5.87. The quantitative estimate of drug-likeness (QED) is 0.615. The number of carbonyl (C=O) groups excluding carboxylic acids is 2. The minimum Gasteiger partial charge on any atom is -0.497 e. The molecule has 150 valence electrons. The Morgan fingerprint density at radius 1 is 1.07 bits per heavy atom. The van der Waals surface area contributed by atoms with Crippen molar-refractivity contribution in [2.75, 3.05) is 20.3 Å². The van der Waals surface area contributed by atoms with Crippen molar-refractivity contribution in [1.29, 1.82) is 0 Å². The van der Waals surface area contributed by atoms with Crippen LogP contribution in [0.1, 0.15) is 24.5 Å². The van der Waals surface area contributed by atoms with Crippen molar-refractivity contribution in [3.63, 3.8) is 0 Å². The molecule has 2 rings (SSSR count). The molecule has 2 N–H and O–H groups in total. The molecule has 2 amide bonds. The van der Waals surface area contributed by atoms with E-state index in [9.17, 15) is 9.59 Å². The van der Waals surface area contributed by atoms with E-state index in [1.165, 1.54) is 6.92 Å². The summed E-state index contributed by atoms with van der Waals surface area (Å²) in [6, 6.07) is 16.4. The van der Waals surface area contributed by atoms with Gasteiger partial charge in [-0.25, -0.2) is 0 Å². The number of rotatable bonds is 10. The predicted molar refractivity (Wildman–Crippen MR) is 108 cm³/mol. The topological polar surface area (TPSA) is 78.9 Å². The van der Waals surface area contributed by atoms with E-state index in [0.717, 1.165) is 16.9 Å². The number of amides is 2. The molecule has 0 spiro atoms. The van der Waals surface area contributed by atoms with Gasteiger partial charge in [-0.2, -0.15) is 0 Å². The average Bonchev–Trinajstić information content (AvgIpc) is 2.71. The molecule has 0 bridgehead atoms. The lowest BCUT2D eigenvalue weighted by molar-refractivity contribution is -0.139. The Bertz CT molecular complexity index is 747. The fraction of sp³-hybridized carbons (Fsp3) is 0.364. The summed E-state index contributed by atoms with van der Waals surface area (Å²) in [6.07, 6.45) is 0.893. The van der Waals surface area contributed by atoms with Crippen LogP contribution < -0.4 is 10.1 Å². The van der Waals surface area contributed by atoms with Gasteiger partial charge in [0.05, 0.1) is 7.11 Å². The highest BCUT2D eigenvalue weighted by Gasteiger charge is 2.28. The first-order valence-corrected chi connectivity index (χ1v) is 9.37. The van der Waals surface area contributed by atoms with Crippen LogP contribution >= 0.6 is 0 Å². The molecule has 2 aromatic rings. The zero-order valence-corrected chi connectivity index (χ0v) is 16.4. The summed E-state index contributed by atoms with van der Waals surface area (Å²) in [7, 11) is 1.60. The van der Waals surface area contributed by atoms with Gasteiger partial charge in [0.2, 0.25) is 11.8 Å². The van der Waals surface area contributed by atoms with Crippen LogP contribution in [0.2, 0.25) is 0 Å². The van der Waals surface area contributed by atoms with E-state index in [2.05, 4.69) is 5.32 Å². The maximum absolute atomic E-state index is 12.9. The Balaban J connectivity index is 2.23. The SMILES string of the molecule is COc1ccc(CN(C(C)=O)[C@H](Cc2ccccc2)C(=O)NCCCO)cc1. The summed E-state index contributed by atoms with van der Waals surface area (Å²) in [5.74, 6) is 0.343. The molecular weight excluding hydrogens is 356 g/mol. The van der Waals surface area contributed by atoms with Crippen molar-refractivity contribution in [2.24, 2.45) is 0 Å². The number of aliphatic hydroxyl groups excluding tert-OH is 1. The third kappa shape index (κ3) is 6.39. The van der Waals surface area contributed by atoms with E-state index in [1.807, 2.05) is 54.6 Å². The van der Waals surface area contributed by atoms with Gasteiger partial charge in [-0.3, -0.25) is 9.59 Å². The van der Waals surface area contributed by atoms with Gasteiger partial charge in [0.15, 0.2) is 0 Å². The molecule has 2 aromatic carbocycles. The van der Waals surface area contributed by atoms with Gasteiger partial charge >= 0.3 is 0 Å². The Hall–Kier alpha value is -2.86. The van der Waals surface area contributed by atoms with E-state index in [1.54, 1.807) is 12.0 Å². The molecule has 0 aliphatic heterocycles. The molecule has 0 unspecified atom stereocenters. The Morgan fingerprint density at radius 2 is 1.75 bits per heavy atom. The summed E-state index contributed by atoms with van der Waals surface area (Å²) >= 11 is 0. The monoisotopic (exact) mass is 384 g/mol. The van der Waals surface area contributed by atoms with Crippen LogP contribution in [-0.4, -0.2) is 48.1 Å². The maximum Gasteiger partial charge on any atom is 0.243 e. The van der Waals surface area contributed by atoms with Gasteiger partial charge in [-0.05, 0) is 29.7 Å². The van der Waals surface area contributed by atoms with E-state index >= 15 is 0 Å². The zero-order chi connectivity index (χ0) is 20.4. The van der Waals surface area contributed by atoms with Gasteiger partial charge in [0.1, 0.15) is 11.8 Å². The van der Waals surface area contributed by atoms with Crippen LogP contribution in [0.15, 0.2) is 54.6 Å². The van der Waals surface area contributed by atoms with Crippen LogP contribution in [0.5, 0.6) is 5.75 Å². The van der Waals surface area contributed by atoms with Crippen molar-refractivity contribution in [3.8, 4) is 5.75 Å². The highest BCUT2D eigenvalue weighted by Crippen LogP contribution is 2.17. The van der Waals surface area contributed by atoms with E-state index in [4.69, 9.17) is 9.84 Å². The summed E-state index contributed by atoms with van der Waals surface area (Å²) in [4.78, 5) is 26.9. The minimum absolute atomic E-state index is 0.00586. The number of aliphatic hydroxyl groups is 1. The molecule has 28 heavy (non-hydrogen) atoms. The number of hydrogen-bond donors (Lipinski definition) is 2. The number of ether oxygens (including phenoxy) is 1. The van der Waals surface area contributed by atoms with Crippen LogP contribution in [0.3, 0.4) is 0 Å². The first-order valence-electron chi connectivity index (χ1n) is 9.37. The Morgan fingerprint density at radius 3 is 2.32 bits per heavy atom. The first kappa shape index (κ1) is 21.4. The van der Waals surface area contributed by atoms with Crippen LogP contribution in [0.25, 0.3) is 0 Å². The second-order valence-electron chi connectivity index (χ2n) is 6.57. The van der Waals surface area contributed by atoms with Gasteiger partial charge in [0.25, 0.3) is 0 Å². The molecule has 0 heterocycles. The van der Waals surface area contributed by atoms with Crippen molar-refractivity contribution in [1.82, 2.24) is 10.2 Å². The number of nitrogens with zero attached hydrogens (tertiary/aromatic N) is 1. The largest absolute Gasteiger partial charge is 0.497 e. The van der Waals surface area contributed by atoms with Gasteiger partial charge in [-0.1, -0.05) is 42.5 Å². The summed E-state index contributed by atoms with van der Waals surface area (Å²) < 4.78 is 5.18. The molecule has 6 nitrogen and oxygen atoms in total. The van der Waals surface area contributed by atoms with Crippen LogP contribution in [0.4, 0.5) is 0 Å². The van der Waals surface area contributed by atoms with E-state index in [-0.39, 0.29) is 18.4 Å². The number of benzene rings is 2. The second kappa shape index (κ2) is 11.1. The summed E-state index contributed by atoms with van der Waals surface area (Å²) in [5.41, 5.74) is 1.89. The molecule has 0 aliphatic rings. The molecular formula is C22H28N2O4. The molecule has 0 fully saturated rings. The molecule has 6 heteroatoms. The van der Waals surface area contributed by atoms with Crippen molar-refractivity contribution in [2.45, 2.75) is 32.4 Å². The number of methoxy groups -OCH3 is 1. The third-order valence-electron chi connectivity index (χ3n) is 4.50. The average molecular weight is 384 g/mol. The highest BCUT2D eigenvalue weighted by atomic mass is 16.5. The lowest BCUT2D eigenvalue weighted by Crippen LogP contribution is -2.50. The zero-order valence-electron chi connectivity index (χ0n) is 16.4. The van der Waals surface area contributed by atoms with E-state index < -0.39 is 6.04 Å². The van der Waals surface area contributed by atoms with Crippen molar-refractivity contribution >= 4 is 11.8 Å². The van der Waals surface area contributed by atoms with Gasteiger partial charge < -0.3 is 20.1 Å². The predicted octanol–water partition coefficient (Wildman–Crippen LogP) is 2.15. The minimum atomic E-state index is -0.638. The van der Waals surface area contributed by atoms with Gasteiger partial charge in [0, 0.05) is 33.0 Å². The lowest BCUT2D eigenvalue weighted by atomic mass is 10.0. The Labute approximate surface area is 166 Å². The fourth-order valence-electron chi connectivity index (χ4n) is 2.96. The third-order valence-corrected chi connectivity index (χ3v) is 4.50. The lowest BCUT2D eigenvalue weighted by Gasteiger charge is -2.30. The number of carbonyl (C=O) groups is 2. The number of nitrogens with one attached hydrogen (secondary N) is 1. The molecule has 0 saturated carbocycles. The molecule has 1 atom stereocenters. The smallest absolute Gasteiger partial charge is 0.243 e. The van der Waals surface area contributed by atoms with Gasteiger partial charge in [-0.15, -0.1) is 0 Å². The maximum atomic E-state index is 12.9. The number of hydrogen-bond acceptors (Lipinski definition) is 4. The summed E-state index contributed by atoms with van der Waals surface area (Å²) in [5, 5.41) is 11.8. The molecule has 0 saturated heterocycles. The summed E-state index contributed by atoms with van der Waals surface area (Å²) in [6.45, 7) is 2.17. The first-order chi connectivity index (χ1) is 13.5. The van der Waals surface area contributed by atoms with Crippen molar-refractivity contribution < 1.29 is 19.4 Å². The van der Waals surface area contributed by atoms with Crippen molar-refractivity contribution in [3.05, 3.63) is 65.7 Å². The second-order valence-corrected chi connectivity index (χ2v) is 6.57.